The van der Waals surface area contributed by atoms with Crippen molar-refractivity contribution in [1.82, 2.24) is 19.6 Å². The number of carbonyl (C=O) groups excluding carboxylic acids is 1. The lowest BCUT2D eigenvalue weighted by molar-refractivity contribution is -0.172. The van der Waals surface area contributed by atoms with Gasteiger partial charge in [0.15, 0.2) is 0 Å². The van der Waals surface area contributed by atoms with E-state index in [-0.39, 0.29) is 23.5 Å². The third-order valence-corrected chi connectivity index (χ3v) is 10.7. The third-order valence-electron chi connectivity index (χ3n) is 8.82. The van der Waals surface area contributed by atoms with Gasteiger partial charge >= 0.3 is 6.18 Å². The number of piperidine rings is 3. The average Bonchev–Trinajstić information content (AvgIpc) is 3.29. The van der Waals surface area contributed by atoms with E-state index in [1.54, 1.807) is 14.2 Å². The van der Waals surface area contributed by atoms with Crippen molar-refractivity contribution >= 4 is 15.9 Å². The van der Waals surface area contributed by atoms with Crippen LogP contribution in [0, 0.1) is 17.8 Å². The van der Waals surface area contributed by atoms with Gasteiger partial charge in [-0.3, -0.25) is 4.79 Å². The molecule has 1 aromatic carbocycles. The molecule has 4 heterocycles. The van der Waals surface area contributed by atoms with Gasteiger partial charge in [0.25, 0.3) is 0 Å². The summed E-state index contributed by atoms with van der Waals surface area (Å²) in [5.41, 5.74) is 3.41. The van der Waals surface area contributed by atoms with Crippen LogP contribution in [0.4, 0.5) is 13.2 Å². The Hall–Kier alpha value is -1.69. The Morgan fingerprint density at radius 1 is 0.919 bits per heavy atom. The topological polar surface area (TPSA) is 73.0 Å². The summed E-state index contributed by atoms with van der Waals surface area (Å²) in [5.74, 6) is -1.09. The molecular weight excluding hydrogens is 505 g/mol. The zero-order chi connectivity index (χ0) is 26.2. The molecule has 0 aliphatic carbocycles. The van der Waals surface area contributed by atoms with E-state index < -0.39 is 34.2 Å². The van der Waals surface area contributed by atoms with E-state index in [1.807, 2.05) is 30.3 Å². The minimum Gasteiger partial charge on any atom is -0.342 e. The van der Waals surface area contributed by atoms with E-state index in [9.17, 15) is 26.4 Å². The summed E-state index contributed by atoms with van der Waals surface area (Å²) in [5, 5.41) is 1.67. The first-order chi connectivity index (χ1) is 17.6. The molecule has 0 bridgehead atoms. The van der Waals surface area contributed by atoms with Crippen LogP contribution in [0.15, 0.2) is 30.3 Å². The molecule has 0 radical (unpaired) electrons. The molecule has 4 aliphatic heterocycles. The largest absolute Gasteiger partial charge is 0.406 e. The number of halogens is 3. The second-order valence-electron chi connectivity index (χ2n) is 11.1. The fraction of sp³-hybridized carbons (Fsp3) is 0.731. The highest BCUT2D eigenvalue weighted by Gasteiger charge is 2.59. The van der Waals surface area contributed by atoms with Crippen LogP contribution in [-0.4, -0.2) is 79.5 Å². The SMILES string of the molecule is O=C(C1C2CC(C3CCN(S(=O)(=O)Cc4ccccc4)CC3)CCN2NC1C(F)(F)F)N1CCCCC1. The van der Waals surface area contributed by atoms with Crippen molar-refractivity contribution in [2.75, 3.05) is 32.7 Å². The number of hydrogen-bond donors (Lipinski definition) is 1. The van der Waals surface area contributed by atoms with Gasteiger partial charge in [-0.2, -0.15) is 13.2 Å². The quantitative estimate of drug-likeness (QED) is 0.618. The molecule has 11 heteroatoms. The van der Waals surface area contributed by atoms with E-state index in [0.29, 0.717) is 52.0 Å². The molecule has 4 aliphatic rings. The maximum atomic E-state index is 14.0. The maximum Gasteiger partial charge on any atom is 0.406 e. The van der Waals surface area contributed by atoms with Crippen molar-refractivity contribution in [1.29, 1.82) is 0 Å². The Bertz CT molecular complexity index is 1040. The van der Waals surface area contributed by atoms with E-state index >= 15 is 0 Å². The average molecular weight is 543 g/mol. The second kappa shape index (κ2) is 10.8. The van der Waals surface area contributed by atoms with Crippen LogP contribution in [0.3, 0.4) is 0 Å². The van der Waals surface area contributed by atoms with Gasteiger partial charge < -0.3 is 4.90 Å². The number of likely N-dealkylation sites (tertiary alicyclic amines) is 1. The Morgan fingerprint density at radius 3 is 2.22 bits per heavy atom. The van der Waals surface area contributed by atoms with Crippen LogP contribution in [0.1, 0.15) is 50.5 Å². The number of hydrogen-bond acceptors (Lipinski definition) is 5. The molecule has 7 nitrogen and oxygen atoms in total. The molecule has 4 fully saturated rings. The fourth-order valence-electron chi connectivity index (χ4n) is 6.85. The molecule has 5 rings (SSSR count). The van der Waals surface area contributed by atoms with Gasteiger partial charge in [-0.25, -0.2) is 23.2 Å². The zero-order valence-electron chi connectivity index (χ0n) is 21.1. The minimum absolute atomic E-state index is 0.0240. The van der Waals surface area contributed by atoms with Crippen LogP contribution in [-0.2, 0) is 20.6 Å². The molecule has 0 aromatic heterocycles. The van der Waals surface area contributed by atoms with E-state index in [4.69, 9.17) is 0 Å². The Balaban J connectivity index is 1.24. The van der Waals surface area contributed by atoms with Crippen molar-refractivity contribution in [2.24, 2.45) is 17.8 Å². The molecule has 1 aromatic rings. The third kappa shape index (κ3) is 5.84. The lowest BCUT2D eigenvalue weighted by Crippen LogP contribution is -2.51. The molecule has 4 unspecified atom stereocenters. The summed E-state index contributed by atoms with van der Waals surface area (Å²) in [6.45, 7) is 2.41. The highest BCUT2D eigenvalue weighted by molar-refractivity contribution is 7.88. The molecule has 0 spiro atoms. The number of carbonyl (C=O) groups is 1. The van der Waals surface area contributed by atoms with Gasteiger partial charge in [-0.15, -0.1) is 0 Å². The van der Waals surface area contributed by atoms with Gasteiger partial charge in [-0.05, 0) is 62.3 Å². The standard InChI is InChI=1S/C26H37F3N4O3S/c27-26(28,29)24-23(25(34)31-12-5-2-6-13-31)22-17-21(11-16-33(22)30-24)20-9-14-32(15-10-20)37(35,36)18-19-7-3-1-4-8-19/h1,3-4,7-8,20-24,30H,2,5-6,9-18H2. The van der Waals surface area contributed by atoms with Crippen LogP contribution in [0.25, 0.3) is 0 Å². The Morgan fingerprint density at radius 2 is 1.57 bits per heavy atom. The van der Waals surface area contributed by atoms with Crippen LogP contribution in [0.5, 0.6) is 0 Å². The highest BCUT2D eigenvalue weighted by Crippen LogP contribution is 2.43. The fourth-order valence-corrected chi connectivity index (χ4v) is 8.41. The van der Waals surface area contributed by atoms with Crippen LogP contribution in [0.2, 0.25) is 0 Å². The number of nitrogens with zero attached hydrogens (tertiary/aromatic N) is 3. The van der Waals surface area contributed by atoms with Gasteiger partial charge in [0.2, 0.25) is 15.9 Å². The Kier molecular flexibility index (Phi) is 7.87. The molecule has 206 valence electrons. The lowest BCUT2D eigenvalue weighted by atomic mass is 9.74. The molecular formula is C26H37F3N4O3S. The minimum atomic E-state index is -4.50. The number of sulfonamides is 1. The molecule has 4 atom stereocenters. The number of nitrogens with one attached hydrogen (secondary N) is 1. The van der Waals surface area contributed by atoms with E-state index in [0.717, 1.165) is 31.2 Å². The lowest BCUT2D eigenvalue weighted by Gasteiger charge is -2.42. The van der Waals surface area contributed by atoms with Crippen LogP contribution >= 0.6 is 0 Å². The predicted octanol–water partition coefficient (Wildman–Crippen LogP) is 3.39. The molecule has 1 N–H and O–H groups in total. The maximum absolute atomic E-state index is 14.0. The summed E-state index contributed by atoms with van der Waals surface area (Å²) in [6, 6.07) is 6.79. The highest BCUT2D eigenvalue weighted by atomic mass is 32.2. The van der Waals surface area contributed by atoms with Crippen molar-refractivity contribution in [3.8, 4) is 0 Å². The van der Waals surface area contributed by atoms with Gasteiger partial charge in [0, 0.05) is 38.8 Å². The smallest absolute Gasteiger partial charge is 0.342 e. The zero-order valence-corrected chi connectivity index (χ0v) is 21.9. The van der Waals surface area contributed by atoms with Crippen LogP contribution < -0.4 is 5.43 Å². The summed E-state index contributed by atoms with van der Waals surface area (Å²) in [4.78, 5) is 15.0. The van der Waals surface area contributed by atoms with Gasteiger partial charge in [0.1, 0.15) is 6.04 Å². The van der Waals surface area contributed by atoms with Crippen molar-refractivity contribution in [3.63, 3.8) is 0 Å². The van der Waals surface area contributed by atoms with Crippen molar-refractivity contribution in [3.05, 3.63) is 35.9 Å². The Labute approximate surface area is 217 Å². The first-order valence-corrected chi connectivity index (χ1v) is 15.1. The second-order valence-corrected chi connectivity index (χ2v) is 13.1. The molecule has 1 amide bonds. The normalized spacial score (nSPS) is 30.8. The van der Waals surface area contributed by atoms with Gasteiger partial charge in [-0.1, -0.05) is 30.3 Å². The summed E-state index contributed by atoms with van der Waals surface area (Å²) >= 11 is 0. The summed E-state index contributed by atoms with van der Waals surface area (Å²) in [6.07, 6.45) is 0.870. The predicted molar refractivity (Wildman–Crippen MR) is 133 cm³/mol. The number of fused-ring (bicyclic) bond motifs is 1. The number of amides is 1. The van der Waals surface area contributed by atoms with E-state index in [1.165, 1.54) is 0 Å². The number of hydrazine groups is 1. The number of alkyl halides is 3. The molecule has 37 heavy (non-hydrogen) atoms. The first kappa shape index (κ1) is 26.9. The van der Waals surface area contributed by atoms with Gasteiger partial charge in [0.05, 0.1) is 11.7 Å². The van der Waals surface area contributed by atoms with Crippen molar-refractivity contribution < 1.29 is 26.4 Å². The summed E-state index contributed by atoms with van der Waals surface area (Å²) < 4.78 is 69.5. The first-order valence-electron chi connectivity index (χ1n) is 13.5. The molecule has 4 saturated heterocycles. The number of benzene rings is 1. The number of rotatable bonds is 5. The van der Waals surface area contributed by atoms with E-state index in [2.05, 4.69) is 5.43 Å². The van der Waals surface area contributed by atoms with Crippen molar-refractivity contribution in [2.45, 2.75) is 69.0 Å². The molecule has 0 saturated carbocycles. The monoisotopic (exact) mass is 542 g/mol. The summed E-state index contributed by atoms with van der Waals surface area (Å²) in [7, 11) is -3.42.